The van der Waals surface area contributed by atoms with Crippen LogP contribution in [-0.2, 0) is 0 Å². The molecule has 3 aromatic rings. The molecular formula is C12H7N3O4. The molecule has 0 saturated carbocycles. The standard InChI is InChI=1S/C12H7N3O4/c16-12(18-9-2-1-5-13-7-9)8-3-4-11-10(6-8)14-19-15(11)17/h1-7H. The molecule has 0 aliphatic carbocycles. The Morgan fingerprint density at radius 2 is 2.26 bits per heavy atom. The lowest BCUT2D eigenvalue weighted by atomic mass is 10.2. The second kappa shape index (κ2) is 4.37. The van der Waals surface area contributed by atoms with E-state index in [4.69, 9.17) is 4.74 Å². The van der Waals surface area contributed by atoms with Crippen LogP contribution in [-0.4, -0.2) is 16.1 Å². The molecule has 7 nitrogen and oxygen atoms in total. The highest BCUT2D eigenvalue weighted by atomic mass is 16.8. The maximum absolute atomic E-state index is 11.9. The first kappa shape index (κ1) is 11.1. The van der Waals surface area contributed by atoms with Crippen molar-refractivity contribution in [2.75, 3.05) is 0 Å². The summed E-state index contributed by atoms with van der Waals surface area (Å²) < 4.78 is 9.53. The molecule has 7 heteroatoms. The molecule has 0 spiro atoms. The fourth-order valence-corrected chi connectivity index (χ4v) is 1.58. The van der Waals surface area contributed by atoms with Crippen molar-refractivity contribution in [1.82, 2.24) is 10.1 Å². The van der Waals surface area contributed by atoms with Gasteiger partial charge in [0.15, 0.2) is 0 Å². The van der Waals surface area contributed by atoms with Crippen molar-refractivity contribution in [3.05, 3.63) is 53.5 Å². The van der Waals surface area contributed by atoms with Crippen LogP contribution in [0.2, 0.25) is 0 Å². The number of rotatable bonds is 2. The predicted octanol–water partition coefficient (Wildman–Crippen LogP) is 1.08. The van der Waals surface area contributed by atoms with Gasteiger partial charge in [-0.25, -0.2) is 4.79 Å². The molecular weight excluding hydrogens is 250 g/mol. The first-order valence-corrected chi connectivity index (χ1v) is 5.36. The second-order valence-corrected chi connectivity index (χ2v) is 3.71. The van der Waals surface area contributed by atoms with Crippen molar-refractivity contribution < 1.29 is 19.1 Å². The van der Waals surface area contributed by atoms with Gasteiger partial charge in [0.25, 0.3) is 0 Å². The summed E-state index contributed by atoms with van der Waals surface area (Å²) >= 11 is 0. The number of hydrogen-bond donors (Lipinski definition) is 0. The summed E-state index contributed by atoms with van der Waals surface area (Å²) in [5.74, 6) is -0.220. The van der Waals surface area contributed by atoms with Crippen molar-refractivity contribution in [2.24, 2.45) is 0 Å². The van der Waals surface area contributed by atoms with E-state index >= 15 is 0 Å². The first-order chi connectivity index (χ1) is 9.24. The number of esters is 1. The van der Waals surface area contributed by atoms with Gasteiger partial charge in [0.1, 0.15) is 5.75 Å². The molecule has 0 unspecified atom stereocenters. The van der Waals surface area contributed by atoms with Crippen molar-refractivity contribution in [1.29, 1.82) is 0 Å². The molecule has 0 aliphatic rings. The van der Waals surface area contributed by atoms with E-state index in [0.29, 0.717) is 5.75 Å². The Balaban J connectivity index is 1.89. The Morgan fingerprint density at radius 1 is 1.37 bits per heavy atom. The largest absolute Gasteiger partial charge is 0.421 e. The number of fused-ring (bicyclic) bond motifs is 1. The number of aromatic nitrogens is 3. The predicted molar refractivity (Wildman–Crippen MR) is 62.2 cm³/mol. The summed E-state index contributed by atoms with van der Waals surface area (Å²) in [4.78, 5) is 16.0. The molecule has 19 heavy (non-hydrogen) atoms. The number of carbonyl (C=O) groups excluding carboxylic acids is 1. The Morgan fingerprint density at radius 3 is 3.05 bits per heavy atom. The number of benzene rings is 1. The van der Waals surface area contributed by atoms with Gasteiger partial charge in [-0.2, -0.15) is 0 Å². The van der Waals surface area contributed by atoms with Gasteiger partial charge >= 0.3 is 5.97 Å². The summed E-state index contributed by atoms with van der Waals surface area (Å²) in [6.07, 6.45) is 3.00. The molecule has 1 aromatic carbocycles. The van der Waals surface area contributed by atoms with Crippen LogP contribution in [0.4, 0.5) is 0 Å². The Hall–Kier alpha value is -2.96. The minimum Gasteiger partial charge on any atom is -0.421 e. The molecule has 0 N–H and O–H groups in total. The topological polar surface area (TPSA) is 92.2 Å². The van der Waals surface area contributed by atoms with E-state index < -0.39 is 5.97 Å². The average Bonchev–Trinajstić information content (AvgIpc) is 2.81. The van der Waals surface area contributed by atoms with Crippen LogP contribution in [0.1, 0.15) is 10.4 Å². The summed E-state index contributed by atoms with van der Waals surface area (Å²) in [7, 11) is 0. The molecule has 0 atom stereocenters. The van der Waals surface area contributed by atoms with Gasteiger partial charge in [-0.1, -0.05) is 0 Å². The van der Waals surface area contributed by atoms with Crippen LogP contribution in [0.15, 0.2) is 47.4 Å². The van der Waals surface area contributed by atoms with Crippen LogP contribution in [0.25, 0.3) is 11.0 Å². The Bertz CT molecular complexity index is 739. The molecule has 0 radical (unpaired) electrons. The van der Waals surface area contributed by atoms with E-state index in [0.717, 1.165) is 0 Å². The van der Waals surface area contributed by atoms with Gasteiger partial charge in [-0.15, -0.1) is 0 Å². The van der Waals surface area contributed by atoms with E-state index in [1.807, 2.05) is 0 Å². The summed E-state index contributed by atoms with van der Waals surface area (Å²) in [5.41, 5.74) is 0.804. The van der Waals surface area contributed by atoms with E-state index in [9.17, 15) is 10.0 Å². The normalized spacial score (nSPS) is 10.5. The highest BCUT2D eigenvalue weighted by Gasteiger charge is 2.15. The lowest BCUT2D eigenvalue weighted by molar-refractivity contribution is -0.782. The average molecular weight is 257 g/mol. The zero-order chi connectivity index (χ0) is 13.2. The van der Waals surface area contributed by atoms with Gasteiger partial charge < -0.3 is 9.94 Å². The first-order valence-electron chi connectivity index (χ1n) is 5.36. The summed E-state index contributed by atoms with van der Waals surface area (Å²) in [6.45, 7) is 0. The molecule has 0 aliphatic heterocycles. The highest BCUT2D eigenvalue weighted by Crippen LogP contribution is 2.14. The Kier molecular flexibility index (Phi) is 2.57. The van der Waals surface area contributed by atoms with Gasteiger partial charge in [-0.05, 0) is 29.2 Å². The zero-order valence-corrected chi connectivity index (χ0v) is 9.52. The molecule has 0 bridgehead atoms. The third kappa shape index (κ3) is 2.08. The van der Waals surface area contributed by atoms with Crippen molar-refractivity contribution in [3.8, 4) is 5.75 Å². The van der Waals surface area contributed by atoms with Crippen molar-refractivity contribution in [3.63, 3.8) is 0 Å². The monoisotopic (exact) mass is 257 g/mol. The van der Waals surface area contributed by atoms with E-state index in [1.54, 1.807) is 18.3 Å². The fraction of sp³-hybridized carbons (Fsp3) is 0. The minimum atomic E-state index is -0.560. The van der Waals surface area contributed by atoms with Crippen molar-refractivity contribution >= 4 is 17.0 Å². The van der Waals surface area contributed by atoms with Gasteiger partial charge in [0.05, 0.1) is 11.8 Å². The number of ether oxygens (including phenoxy) is 1. The minimum absolute atomic E-state index is 0.248. The highest BCUT2D eigenvalue weighted by molar-refractivity contribution is 5.94. The number of hydrogen-bond acceptors (Lipinski definition) is 6. The Labute approximate surface area is 106 Å². The maximum Gasteiger partial charge on any atom is 0.343 e. The molecule has 2 aromatic heterocycles. The molecule has 2 heterocycles. The molecule has 0 fully saturated rings. The van der Waals surface area contributed by atoms with Crippen molar-refractivity contribution in [2.45, 2.75) is 0 Å². The number of pyridine rings is 1. The van der Waals surface area contributed by atoms with Crippen LogP contribution >= 0.6 is 0 Å². The molecule has 3 rings (SSSR count). The zero-order valence-electron chi connectivity index (χ0n) is 9.52. The number of nitrogens with zero attached hydrogens (tertiary/aromatic N) is 3. The third-order valence-electron chi connectivity index (χ3n) is 2.47. The lowest BCUT2D eigenvalue weighted by Crippen LogP contribution is -2.22. The smallest absolute Gasteiger partial charge is 0.343 e. The summed E-state index contributed by atoms with van der Waals surface area (Å²) in [5, 5.41) is 14.6. The fourth-order valence-electron chi connectivity index (χ4n) is 1.58. The quantitative estimate of drug-likeness (QED) is 0.503. The van der Waals surface area contributed by atoms with Crippen LogP contribution in [0, 0.1) is 5.21 Å². The van der Waals surface area contributed by atoms with Gasteiger partial charge in [0.2, 0.25) is 11.0 Å². The van der Waals surface area contributed by atoms with E-state index in [-0.39, 0.29) is 21.5 Å². The van der Waals surface area contributed by atoms with E-state index in [2.05, 4.69) is 14.8 Å². The SMILES string of the molecule is O=C(Oc1cccnc1)c1ccc2c(c1)no[n+]2[O-]. The molecule has 94 valence electrons. The van der Waals surface area contributed by atoms with Crippen LogP contribution < -0.4 is 9.64 Å². The van der Waals surface area contributed by atoms with Crippen LogP contribution in [0.3, 0.4) is 0 Å². The maximum atomic E-state index is 11.9. The molecule has 0 saturated heterocycles. The van der Waals surface area contributed by atoms with Gasteiger partial charge in [-0.3, -0.25) is 9.61 Å². The summed E-state index contributed by atoms with van der Waals surface area (Å²) in [6, 6.07) is 7.60. The van der Waals surface area contributed by atoms with E-state index in [1.165, 1.54) is 24.4 Å². The third-order valence-corrected chi connectivity index (χ3v) is 2.47. The molecule has 0 amide bonds. The number of carbonyl (C=O) groups is 1. The van der Waals surface area contributed by atoms with Crippen LogP contribution in [0.5, 0.6) is 5.75 Å². The second-order valence-electron chi connectivity index (χ2n) is 3.71. The lowest BCUT2D eigenvalue weighted by Gasteiger charge is -2.02. The van der Waals surface area contributed by atoms with Gasteiger partial charge in [0, 0.05) is 17.4 Å².